The molecule has 9 heteroatoms. The second-order valence-corrected chi connectivity index (χ2v) is 7.18. The molecule has 1 amide bonds. The van der Waals surface area contributed by atoms with Gasteiger partial charge in [-0.05, 0) is 44.2 Å². The van der Waals surface area contributed by atoms with Crippen LogP contribution in [-0.4, -0.2) is 47.1 Å². The number of nitrogens with one attached hydrogen (secondary N) is 2. The fourth-order valence-corrected chi connectivity index (χ4v) is 2.87. The number of rotatable bonds is 9. The van der Waals surface area contributed by atoms with Crippen molar-refractivity contribution in [2.24, 2.45) is 0 Å². The fourth-order valence-electron chi connectivity index (χ4n) is 1.94. The van der Waals surface area contributed by atoms with Crippen molar-refractivity contribution < 1.29 is 27.5 Å². The van der Waals surface area contributed by atoms with E-state index >= 15 is 0 Å². The molecule has 0 radical (unpaired) electrons. The topological polar surface area (TPSA) is 111 Å². The van der Waals surface area contributed by atoms with Crippen LogP contribution in [0.2, 0.25) is 0 Å². The second kappa shape index (κ2) is 9.93. The minimum atomic E-state index is -3.72. The molecule has 144 valence electrons. The van der Waals surface area contributed by atoms with Crippen LogP contribution in [0.3, 0.4) is 0 Å². The number of benzene rings is 1. The Morgan fingerprint density at radius 3 is 2.58 bits per heavy atom. The number of amides is 1. The van der Waals surface area contributed by atoms with Gasteiger partial charge in [0.2, 0.25) is 10.0 Å². The van der Waals surface area contributed by atoms with Crippen molar-refractivity contribution in [1.82, 2.24) is 10.0 Å². The Labute approximate surface area is 153 Å². The van der Waals surface area contributed by atoms with Crippen LogP contribution in [-0.2, 0) is 24.3 Å². The van der Waals surface area contributed by atoms with Crippen LogP contribution in [0.1, 0.15) is 25.8 Å². The summed E-state index contributed by atoms with van der Waals surface area (Å²) in [4.78, 5) is 23.4. The first kappa shape index (κ1) is 21.7. The van der Waals surface area contributed by atoms with Crippen LogP contribution in [0, 0.1) is 0 Å². The zero-order valence-corrected chi connectivity index (χ0v) is 16.1. The molecule has 0 fully saturated rings. The number of carbonyl (C=O) groups is 2. The van der Waals surface area contributed by atoms with E-state index in [-0.39, 0.29) is 16.6 Å². The van der Waals surface area contributed by atoms with Gasteiger partial charge in [0.25, 0.3) is 5.91 Å². The second-order valence-electron chi connectivity index (χ2n) is 5.32. The van der Waals surface area contributed by atoms with Crippen LogP contribution in [0.4, 0.5) is 0 Å². The predicted molar refractivity (Wildman–Crippen MR) is 97.1 cm³/mol. The van der Waals surface area contributed by atoms with Crippen molar-refractivity contribution >= 4 is 28.0 Å². The van der Waals surface area contributed by atoms with Gasteiger partial charge in [-0.3, -0.25) is 4.79 Å². The zero-order chi connectivity index (χ0) is 19.7. The molecule has 1 atom stereocenters. The highest BCUT2D eigenvalue weighted by molar-refractivity contribution is 7.89. The van der Waals surface area contributed by atoms with Crippen LogP contribution < -0.4 is 14.8 Å². The lowest BCUT2D eigenvalue weighted by Gasteiger charge is -2.11. The van der Waals surface area contributed by atoms with Gasteiger partial charge in [0.15, 0.2) is 6.10 Å². The number of sulfonamides is 1. The van der Waals surface area contributed by atoms with Crippen LogP contribution >= 0.6 is 0 Å². The molecule has 0 aliphatic heterocycles. The van der Waals surface area contributed by atoms with E-state index in [9.17, 15) is 18.0 Å². The number of hydrogen-bond acceptors (Lipinski definition) is 6. The number of ether oxygens (including phenoxy) is 2. The molecule has 0 saturated carbocycles. The summed E-state index contributed by atoms with van der Waals surface area (Å²) < 4.78 is 36.3. The summed E-state index contributed by atoms with van der Waals surface area (Å²) >= 11 is 0. The van der Waals surface area contributed by atoms with E-state index in [1.165, 1.54) is 39.3 Å². The largest absolute Gasteiger partial charge is 0.495 e. The highest BCUT2D eigenvalue weighted by Crippen LogP contribution is 2.25. The molecule has 8 nitrogen and oxygen atoms in total. The third kappa shape index (κ3) is 6.16. The molecular weight excluding hydrogens is 360 g/mol. The van der Waals surface area contributed by atoms with Gasteiger partial charge in [0.05, 0.1) is 7.11 Å². The van der Waals surface area contributed by atoms with Gasteiger partial charge < -0.3 is 14.8 Å². The summed E-state index contributed by atoms with van der Waals surface area (Å²) in [5, 5.41) is 2.63. The lowest BCUT2D eigenvalue weighted by molar-refractivity contribution is -0.150. The number of carbonyl (C=O) groups excluding carboxylic acids is 2. The summed E-state index contributed by atoms with van der Waals surface area (Å²) in [7, 11) is -1.06. The maximum Gasteiger partial charge on any atom is 0.331 e. The average molecular weight is 384 g/mol. The normalized spacial score (nSPS) is 12.6. The Balaban J connectivity index is 2.86. The number of esters is 1. The van der Waals surface area contributed by atoms with Crippen LogP contribution in [0.15, 0.2) is 29.2 Å². The summed E-state index contributed by atoms with van der Waals surface area (Å²) in [6.45, 7) is 3.89. The third-order valence-electron chi connectivity index (χ3n) is 3.37. The van der Waals surface area contributed by atoms with Gasteiger partial charge in [-0.2, -0.15) is 0 Å². The van der Waals surface area contributed by atoms with E-state index < -0.39 is 22.1 Å². The standard InChI is InChI=1S/C17H24N2O6S/c1-5-10-19-17(21)12(2)25-16(20)9-7-13-6-8-14(24-4)15(11-13)26(22,23)18-3/h6-9,11-12,18H,5,10H2,1-4H3,(H,19,21)/b9-7+. The Kier molecular flexibility index (Phi) is 8.27. The Bertz CT molecular complexity index is 773. The number of methoxy groups -OCH3 is 1. The fraction of sp³-hybridized carbons (Fsp3) is 0.412. The molecule has 0 aliphatic rings. The third-order valence-corrected chi connectivity index (χ3v) is 4.80. The minimum absolute atomic E-state index is 0.0506. The van der Waals surface area contributed by atoms with Crippen LogP contribution in [0.25, 0.3) is 6.08 Å². The Morgan fingerprint density at radius 2 is 2.00 bits per heavy atom. The van der Waals surface area contributed by atoms with Crippen molar-refractivity contribution in [2.75, 3.05) is 20.7 Å². The van der Waals surface area contributed by atoms with Crippen molar-refractivity contribution in [3.63, 3.8) is 0 Å². The Morgan fingerprint density at radius 1 is 1.31 bits per heavy atom. The quantitative estimate of drug-likeness (QED) is 0.487. The van der Waals surface area contributed by atoms with E-state index in [0.29, 0.717) is 12.1 Å². The molecule has 0 aliphatic carbocycles. The van der Waals surface area contributed by atoms with E-state index in [1.807, 2.05) is 6.92 Å². The number of hydrogen-bond donors (Lipinski definition) is 2. The molecule has 0 bridgehead atoms. The molecule has 0 aromatic heterocycles. The summed E-state index contributed by atoms with van der Waals surface area (Å²) in [5.41, 5.74) is 0.458. The van der Waals surface area contributed by atoms with Crippen molar-refractivity contribution in [3.8, 4) is 5.75 Å². The molecule has 1 unspecified atom stereocenters. The maximum atomic E-state index is 12.0. The Hall–Kier alpha value is -2.39. The van der Waals surface area contributed by atoms with E-state index in [1.54, 1.807) is 6.07 Å². The summed E-state index contributed by atoms with van der Waals surface area (Å²) in [5.74, 6) is -0.904. The first-order valence-electron chi connectivity index (χ1n) is 8.03. The van der Waals surface area contributed by atoms with E-state index in [0.717, 1.165) is 12.5 Å². The lowest BCUT2D eigenvalue weighted by atomic mass is 10.2. The summed E-state index contributed by atoms with van der Waals surface area (Å²) in [6, 6.07) is 4.44. The molecule has 0 saturated heterocycles. The molecule has 1 rings (SSSR count). The minimum Gasteiger partial charge on any atom is -0.495 e. The first-order valence-corrected chi connectivity index (χ1v) is 9.51. The molecule has 26 heavy (non-hydrogen) atoms. The molecule has 0 heterocycles. The van der Waals surface area contributed by atoms with Gasteiger partial charge in [0.1, 0.15) is 10.6 Å². The van der Waals surface area contributed by atoms with Crippen molar-refractivity contribution in [2.45, 2.75) is 31.3 Å². The molecule has 1 aromatic rings. The van der Waals surface area contributed by atoms with Crippen LogP contribution in [0.5, 0.6) is 5.75 Å². The van der Waals surface area contributed by atoms with Gasteiger partial charge >= 0.3 is 5.97 Å². The van der Waals surface area contributed by atoms with Gasteiger partial charge in [-0.1, -0.05) is 13.0 Å². The monoisotopic (exact) mass is 384 g/mol. The molecule has 2 N–H and O–H groups in total. The zero-order valence-electron chi connectivity index (χ0n) is 15.2. The highest BCUT2D eigenvalue weighted by Gasteiger charge is 2.18. The summed E-state index contributed by atoms with van der Waals surface area (Å²) in [6.07, 6.45) is 2.38. The highest BCUT2D eigenvalue weighted by atomic mass is 32.2. The average Bonchev–Trinajstić information content (AvgIpc) is 2.63. The van der Waals surface area contributed by atoms with Gasteiger partial charge in [-0.15, -0.1) is 0 Å². The van der Waals surface area contributed by atoms with E-state index in [4.69, 9.17) is 9.47 Å². The first-order chi connectivity index (χ1) is 12.2. The van der Waals surface area contributed by atoms with Gasteiger partial charge in [-0.25, -0.2) is 17.9 Å². The van der Waals surface area contributed by atoms with Crippen molar-refractivity contribution in [1.29, 1.82) is 0 Å². The maximum absolute atomic E-state index is 12.0. The predicted octanol–water partition coefficient (Wildman–Crippen LogP) is 1.07. The van der Waals surface area contributed by atoms with E-state index in [2.05, 4.69) is 10.0 Å². The van der Waals surface area contributed by atoms with Gasteiger partial charge in [0, 0.05) is 12.6 Å². The van der Waals surface area contributed by atoms with Crippen molar-refractivity contribution in [3.05, 3.63) is 29.8 Å². The molecule has 1 aromatic carbocycles. The molecule has 0 spiro atoms. The lowest BCUT2D eigenvalue weighted by Crippen LogP contribution is -2.35. The SMILES string of the molecule is CCCNC(=O)C(C)OC(=O)/C=C/c1ccc(OC)c(S(=O)(=O)NC)c1. The smallest absolute Gasteiger partial charge is 0.331 e. The molecular formula is C17H24N2O6S.